The molecule has 12 heteroatoms. The minimum atomic E-state index is -2.37. The molecule has 0 spiro atoms. The highest BCUT2D eigenvalue weighted by Gasteiger charge is 2.33. The molecule has 0 fully saturated rings. The van der Waals surface area contributed by atoms with Gasteiger partial charge in [0.25, 0.3) is 0 Å². The van der Waals surface area contributed by atoms with Crippen LogP contribution in [0.3, 0.4) is 0 Å². The Hall–Kier alpha value is -3.23. The van der Waals surface area contributed by atoms with Crippen LogP contribution in [0.1, 0.15) is 0 Å². The topological polar surface area (TPSA) is 141 Å². The summed E-state index contributed by atoms with van der Waals surface area (Å²) in [6.07, 6.45) is 0. The van der Waals surface area contributed by atoms with Crippen molar-refractivity contribution in [2.45, 2.75) is 0 Å². The first-order valence-electron chi connectivity index (χ1n) is 4.80. The first-order valence-corrected chi connectivity index (χ1v) is 4.80. The van der Waals surface area contributed by atoms with Crippen LogP contribution in [0.4, 0.5) is 28.9 Å². The fourth-order valence-corrected chi connectivity index (χ4v) is 1.15. The molecule has 0 atom stereocenters. The van der Waals surface area contributed by atoms with Gasteiger partial charge >= 0.3 is 5.69 Å². The van der Waals surface area contributed by atoms with Gasteiger partial charge in [-0.15, -0.1) is 0 Å². The van der Waals surface area contributed by atoms with Crippen LogP contribution in [0, 0.1) is 50.1 Å². The zero-order valence-electron chi connectivity index (χ0n) is 9.75. The van der Waals surface area contributed by atoms with Gasteiger partial charge in [0, 0.05) is 0 Å². The molecule has 0 unspecified atom stereocenters. The van der Waals surface area contributed by atoms with Crippen LogP contribution < -0.4 is 11.2 Å². The lowest BCUT2D eigenvalue weighted by Crippen LogP contribution is -2.22. The summed E-state index contributed by atoms with van der Waals surface area (Å²) in [5.41, 5.74) is 2.32. The van der Waals surface area contributed by atoms with Crippen LogP contribution in [0.25, 0.3) is 0 Å². The number of nitrogens with zero attached hydrogens (tertiary/aromatic N) is 3. The molecule has 0 amide bonds. The third-order valence-corrected chi connectivity index (χ3v) is 2.07. The Morgan fingerprint density at radius 2 is 1.81 bits per heavy atom. The number of nitro groups is 1. The maximum absolute atomic E-state index is 13.4. The maximum atomic E-state index is 13.4. The Morgan fingerprint density at radius 1 is 1.29 bits per heavy atom. The summed E-state index contributed by atoms with van der Waals surface area (Å²) < 4.78 is 52.7. The number of anilines is 1. The Kier molecular flexibility index (Phi) is 4.39. The van der Waals surface area contributed by atoms with Gasteiger partial charge in [0.1, 0.15) is 6.07 Å². The van der Waals surface area contributed by atoms with Crippen molar-refractivity contribution in [3.63, 3.8) is 0 Å². The SMILES string of the molecule is N#C/C(=N\Nc1c(F)c(F)c(F)c(F)c1[N+](=O)[O-])C(=N)N. The van der Waals surface area contributed by atoms with E-state index in [2.05, 4.69) is 5.10 Å². The summed E-state index contributed by atoms with van der Waals surface area (Å²) in [5.74, 6) is -9.95. The lowest BCUT2D eigenvalue weighted by molar-refractivity contribution is -0.387. The fraction of sp³-hybridized carbons (Fsp3) is 0. The summed E-state index contributed by atoms with van der Waals surface area (Å²) in [6.45, 7) is 0. The third-order valence-electron chi connectivity index (χ3n) is 2.07. The minimum Gasteiger partial charge on any atom is -0.382 e. The van der Waals surface area contributed by atoms with Gasteiger partial charge in [0.05, 0.1) is 4.92 Å². The Balaban J connectivity index is 3.53. The van der Waals surface area contributed by atoms with E-state index in [1.54, 1.807) is 0 Å². The Bertz CT molecular complexity index is 711. The monoisotopic (exact) mass is 304 g/mol. The maximum Gasteiger partial charge on any atom is 0.335 e. The molecule has 1 rings (SSSR count). The number of nitriles is 1. The largest absolute Gasteiger partial charge is 0.382 e. The van der Waals surface area contributed by atoms with Gasteiger partial charge in [-0.05, 0) is 0 Å². The smallest absolute Gasteiger partial charge is 0.335 e. The number of halogens is 4. The van der Waals surface area contributed by atoms with Crippen molar-refractivity contribution in [3.8, 4) is 6.07 Å². The number of hydrazone groups is 1. The summed E-state index contributed by atoms with van der Waals surface area (Å²) in [4.78, 5) is 9.08. The van der Waals surface area contributed by atoms with Gasteiger partial charge in [-0.3, -0.25) is 20.9 Å². The van der Waals surface area contributed by atoms with Gasteiger partial charge in [0.15, 0.2) is 23.2 Å². The highest BCUT2D eigenvalue weighted by Crippen LogP contribution is 2.34. The number of rotatable bonds is 4. The second-order valence-electron chi connectivity index (χ2n) is 3.33. The van der Waals surface area contributed by atoms with Gasteiger partial charge in [0.2, 0.25) is 17.3 Å². The van der Waals surface area contributed by atoms with Gasteiger partial charge < -0.3 is 5.73 Å². The first-order chi connectivity index (χ1) is 9.72. The highest BCUT2D eigenvalue weighted by atomic mass is 19.2. The van der Waals surface area contributed by atoms with Crippen LogP contribution in [0.5, 0.6) is 0 Å². The summed E-state index contributed by atoms with van der Waals surface area (Å²) in [5, 5.41) is 29.0. The normalized spacial score (nSPS) is 10.9. The molecule has 0 heterocycles. The zero-order chi connectivity index (χ0) is 16.3. The number of hydrogen-bond donors (Lipinski definition) is 3. The van der Waals surface area contributed by atoms with Crippen molar-refractivity contribution < 1.29 is 22.5 Å². The second kappa shape index (κ2) is 5.82. The molecular formula is C9H4F4N6O2. The molecule has 0 aliphatic rings. The molecule has 0 aliphatic carbocycles. The standard InChI is InChI=1S/C9H4F4N6O2/c10-3-4(11)6(13)8(19(20)21)7(5(3)12)18-17-2(1-14)9(15)16/h18H,(H3,15,16)/b17-2+. The first kappa shape index (κ1) is 15.8. The summed E-state index contributed by atoms with van der Waals surface area (Å²) in [6, 6.07) is 1.26. The molecule has 8 nitrogen and oxygen atoms in total. The lowest BCUT2D eigenvalue weighted by atomic mass is 10.2. The van der Waals surface area contributed by atoms with Crippen molar-refractivity contribution in [3.05, 3.63) is 33.4 Å². The van der Waals surface area contributed by atoms with Crippen molar-refractivity contribution in [2.75, 3.05) is 5.43 Å². The van der Waals surface area contributed by atoms with Crippen LogP contribution in [0.2, 0.25) is 0 Å². The van der Waals surface area contributed by atoms with E-state index in [1.807, 2.05) is 0 Å². The van der Waals surface area contributed by atoms with E-state index in [9.17, 15) is 27.7 Å². The molecule has 1 aromatic carbocycles. The number of nitrogens with two attached hydrogens (primary N) is 1. The molecule has 0 aromatic heterocycles. The van der Waals surface area contributed by atoms with E-state index in [-0.39, 0.29) is 0 Å². The van der Waals surface area contributed by atoms with Gasteiger partial charge in [-0.1, -0.05) is 0 Å². The molecule has 1 aromatic rings. The average molecular weight is 304 g/mol. The van der Waals surface area contributed by atoms with E-state index < -0.39 is 51.1 Å². The van der Waals surface area contributed by atoms with Crippen molar-refractivity contribution in [1.29, 1.82) is 10.7 Å². The molecule has 0 aliphatic heterocycles. The van der Waals surface area contributed by atoms with E-state index in [0.717, 1.165) is 0 Å². The predicted molar refractivity (Wildman–Crippen MR) is 61.5 cm³/mol. The molecule has 0 saturated heterocycles. The van der Waals surface area contributed by atoms with E-state index in [1.165, 1.54) is 11.5 Å². The van der Waals surface area contributed by atoms with Gasteiger partial charge in [-0.2, -0.15) is 14.8 Å². The third kappa shape index (κ3) is 2.86. The summed E-state index contributed by atoms with van der Waals surface area (Å²) >= 11 is 0. The zero-order valence-corrected chi connectivity index (χ0v) is 9.75. The molecule has 4 N–H and O–H groups in total. The Morgan fingerprint density at radius 3 is 2.24 bits per heavy atom. The number of nitro benzene ring substituents is 1. The predicted octanol–water partition coefficient (Wildman–Crippen LogP) is 1.38. The van der Waals surface area contributed by atoms with Crippen LogP contribution in [0.15, 0.2) is 5.10 Å². The lowest BCUT2D eigenvalue weighted by Gasteiger charge is -2.07. The molecule has 110 valence electrons. The van der Waals surface area contributed by atoms with Crippen molar-refractivity contribution in [1.82, 2.24) is 0 Å². The number of amidine groups is 1. The van der Waals surface area contributed by atoms with Crippen molar-refractivity contribution in [2.24, 2.45) is 10.8 Å². The van der Waals surface area contributed by atoms with Crippen molar-refractivity contribution >= 4 is 22.9 Å². The summed E-state index contributed by atoms with van der Waals surface area (Å²) in [7, 11) is 0. The van der Waals surface area contributed by atoms with Gasteiger partial charge in [-0.25, -0.2) is 13.2 Å². The number of hydrogen-bond acceptors (Lipinski definition) is 6. The molecule has 0 radical (unpaired) electrons. The Labute approximate surface area is 113 Å². The van der Waals surface area contributed by atoms with Crippen LogP contribution in [-0.2, 0) is 0 Å². The number of nitrogens with one attached hydrogen (secondary N) is 2. The van der Waals surface area contributed by atoms with E-state index in [0.29, 0.717) is 0 Å². The van der Waals surface area contributed by atoms with E-state index in [4.69, 9.17) is 16.4 Å². The minimum absolute atomic E-state index is 0.839. The quantitative estimate of drug-likeness (QED) is 0.146. The molecule has 21 heavy (non-hydrogen) atoms. The number of benzene rings is 1. The second-order valence-corrected chi connectivity index (χ2v) is 3.33. The molecule has 0 bridgehead atoms. The van der Waals surface area contributed by atoms with Crippen LogP contribution in [-0.4, -0.2) is 16.5 Å². The molecule has 0 saturated carbocycles. The van der Waals surface area contributed by atoms with Crippen LogP contribution >= 0.6 is 0 Å². The average Bonchev–Trinajstić information content (AvgIpc) is 2.41. The highest BCUT2D eigenvalue weighted by molar-refractivity contribution is 6.45. The molecular weight excluding hydrogens is 300 g/mol. The fourth-order valence-electron chi connectivity index (χ4n) is 1.15. The van der Waals surface area contributed by atoms with E-state index >= 15 is 0 Å².